The number of halogens is 2. The van der Waals surface area contributed by atoms with E-state index in [9.17, 15) is 0 Å². The van der Waals surface area contributed by atoms with Crippen molar-refractivity contribution in [2.45, 2.75) is 26.7 Å². The Hall–Kier alpha value is 0.500. The largest absolute Gasteiger partial charge is 0.329 e. The standard InChI is InChI=1S/C8H20N2.2ClH/c1-3-6-10(7-4-2)8-5-9;;/h3-9H2,1-2H3;2*1H. The third kappa shape index (κ3) is 10.5. The molecule has 12 heavy (non-hydrogen) atoms. The highest BCUT2D eigenvalue weighted by Gasteiger charge is 1.98. The quantitative estimate of drug-likeness (QED) is 0.736. The fourth-order valence-corrected chi connectivity index (χ4v) is 1.15. The molecule has 0 aromatic heterocycles. The van der Waals surface area contributed by atoms with Crippen molar-refractivity contribution in [1.29, 1.82) is 0 Å². The molecule has 2 nitrogen and oxygen atoms in total. The summed E-state index contributed by atoms with van der Waals surface area (Å²) in [6, 6.07) is 0. The van der Waals surface area contributed by atoms with Crippen LogP contribution >= 0.6 is 24.8 Å². The predicted molar refractivity (Wildman–Crippen MR) is 60.6 cm³/mol. The smallest absolute Gasteiger partial charge is 0.0105 e. The van der Waals surface area contributed by atoms with Crippen molar-refractivity contribution in [2.75, 3.05) is 26.2 Å². The van der Waals surface area contributed by atoms with Gasteiger partial charge in [-0.25, -0.2) is 0 Å². The molecule has 0 saturated heterocycles. The summed E-state index contributed by atoms with van der Waals surface area (Å²) < 4.78 is 0. The van der Waals surface area contributed by atoms with Crippen LogP contribution < -0.4 is 5.73 Å². The first-order chi connectivity index (χ1) is 4.85. The molecule has 0 saturated carbocycles. The molecule has 78 valence electrons. The highest BCUT2D eigenvalue weighted by Crippen LogP contribution is 1.91. The van der Waals surface area contributed by atoms with Crippen LogP contribution in [0.2, 0.25) is 0 Å². The summed E-state index contributed by atoms with van der Waals surface area (Å²) in [4.78, 5) is 2.42. The van der Waals surface area contributed by atoms with Gasteiger partial charge in [0.1, 0.15) is 0 Å². The number of hydrogen-bond acceptors (Lipinski definition) is 2. The Kier molecular flexibility index (Phi) is 21.4. The Morgan fingerprint density at radius 3 is 1.58 bits per heavy atom. The van der Waals surface area contributed by atoms with Crippen LogP contribution in [0.25, 0.3) is 0 Å². The number of nitrogens with two attached hydrogens (primary N) is 1. The lowest BCUT2D eigenvalue weighted by molar-refractivity contribution is 0.282. The summed E-state index contributed by atoms with van der Waals surface area (Å²) in [5.41, 5.74) is 5.45. The zero-order valence-corrected chi connectivity index (χ0v) is 9.72. The Morgan fingerprint density at radius 1 is 0.917 bits per heavy atom. The maximum atomic E-state index is 5.45. The molecule has 0 amide bonds. The third-order valence-electron chi connectivity index (χ3n) is 1.52. The van der Waals surface area contributed by atoms with Gasteiger partial charge >= 0.3 is 0 Å². The fourth-order valence-electron chi connectivity index (χ4n) is 1.15. The lowest BCUT2D eigenvalue weighted by Crippen LogP contribution is -2.30. The van der Waals surface area contributed by atoms with E-state index < -0.39 is 0 Å². The molecule has 0 aromatic rings. The van der Waals surface area contributed by atoms with Gasteiger partial charge in [0.25, 0.3) is 0 Å². The highest BCUT2D eigenvalue weighted by molar-refractivity contribution is 5.85. The van der Waals surface area contributed by atoms with Gasteiger partial charge in [0.2, 0.25) is 0 Å². The van der Waals surface area contributed by atoms with Gasteiger partial charge in [-0.3, -0.25) is 0 Å². The Balaban J connectivity index is -0.000000405. The molecule has 0 bridgehead atoms. The topological polar surface area (TPSA) is 29.3 Å². The van der Waals surface area contributed by atoms with Crippen molar-refractivity contribution in [3.05, 3.63) is 0 Å². The molecular formula is C8H22Cl2N2. The summed E-state index contributed by atoms with van der Waals surface area (Å²) in [5, 5.41) is 0. The lowest BCUT2D eigenvalue weighted by Gasteiger charge is -2.19. The van der Waals surface area contributed by atoms with E-state index in [0.29, 0.717) is 0 Å². The Labute approximate surface area is 88.7 Å². The molecule has 0 radical (unpaired) electrons. The number of rotatable bonds is 6. The molecule has 4 heteroatoms. The van der Waals surface area contributed by atoms with Crippen LogP contribution in [0.15, 0.2) is 0 Å². The van der Waals surface area contributed by atoms with Gasteiger partial charge in [0, 0.05) is 13.1 Å². The first-order valence-corrected chi connectivity index (χ1v) is 4.27. The van der Waals surface area contributed by atoms with Crippen LogP contribution in [0.5, 0.6) is 0 Å². The molecular weight excluding hydrogens is 195 g/mol. The summed E-state index contributed by atoms with van der Waals surface area (Å²) in [7, 11) is 0. The molecule has 0 fully saturated rings. The summed E-state index contributed by atoms with van der Waals surface area (Å²) >= 11 is 0. The number of nitrogens with zero attached hydrogens (tertiary/aromatic N) is 1. The average molecular weight is 217 g/mol. The van der Waals surface area contributed by atoms with E-state index in [-0.39, 0.29) is 24.8 Å². The van der Waals surface area contributed by atoms with E-state index in [2.05, 4.69) is 18.7 Å². The fraction of sp³-hybridized carbons (Fsp3) is 1.00. The molecule has 0 heterocycles. The maximum Gasteiger partial charge on any atom is 0.0105 e. The van der Waals surface area contributed by atoms with Crippen LogP contribution in [0.4, 0.5) is 0 Å². The minimum Gasteiger partial charge on any atom is -0.329 e. The average Bonchev–Trinajstić information content (AvgIpc) is 1.90. The number of hydrogen-bond donors (Lipinski definition) is 1. The van der Waals surface area contributed by atoms with Crippen LogP contribution in [0, 0.1) is 0 Å². The zero-order chi connectivity index (χ0) is 7.82. The molecule has 0 unspecified atom stereocenters. The van der Waals surface area contributed by atoms with E-state index in [1.807, 2.05) is 0 Å². The normalized spacial score (nSPS) is 9.00. The van der Waals surface area contributed by atoms with Crippen LogP contribution in [-0.2, 0) is 0 Å². The van der Waals surface area contributed by atoms with Gasteiger partial charge in [-0.1, -0.05) is 13.8 Å². The second-order valence-corrected chi connectivity index (χ2v) is 2.63. The first kappa shape index (κ1) is 18.3. The Morgan fingerprint density at radius 2 is 1.33 bits per heavy atom. The van der Waals surface area contributed by atoms with Gasteiger partial charge in [-0.15, -0.1) is 24.8 Å². The van der Waals surface area contributed by atoms with Gasteiger partial charge < -0.3 is 10.6 Å². The van der Waals surface area contributed by atoms with Gasteiger partial charge in [-0.05, 0) is 25.9 Å². The van der Waals surface area contributed by atoms with Crippen LogP contribution in [0.3, 0.4) is 0 Å². The second kappa shape index (κ2) is 14.0. The molecule has 0 rings (SSSR count). The van der Waals surface area contributed by atoms with E-state index in [1.165, 1.54) is 25.9 Å². The highest BCUT2D eigenvalue weighted by atomic mass is 35.5. The third-order valence-corrected chi connectivity index (χ3v) is 1.52. The van der Waals surface area contributed by atoms with E-state index in [0.717, 1.165) is 13.1 Å². The summed E-state index contributed by atoms with van der Waals surface area (Å²) in [5.74, 6) is 0. The zero-order valence-electron chi connectivity index (χ0n) is 8.08. The van der Waals surface area contributed by atoms with Crippen molar-refractivity contribution in [3.8, 4) is 0 Å². The summed E-state index contributed by atoms with van der Waals surface area (Å²) in [6.45, 7) is 8.66. The van der Waals surface area contributed by atoms with Crippen LogP contribution in [-0.4, -0.2) is 31.1 Å². The minimum atomic E-state index is 0. The minimum absolute atomic E-state index is 0. The molecule has 0 atom stereocenters. The lowest BCUT2D eigenvalue weighted by atomic mass is 10.3. The maximum absolute atomic E-state index is 5.45. The molecule has 0 aliphatic rings. The van der Waals surface area contributed by atoms with E-state index in [1.54, 1.807) is 0 Å². The van der Waals surface area contributed by atoms with Crippen molar-refractivity contribution < 1.29 is 0 Å². The van der Waals surface area contributed by atoms with Crippen molar-refractivity contribution in [1.82, 2.24) is 4.90 Å². The van der Waals surface area contributed by atoms with Gasteiger partial charge in [0.05, 0.1) is 0 Å². The molecule has 0 aliphatic carbocycles. The van der Waals surface area contributed by atoms with Crippen molar-refractivity contribution in [3.63, 3.8) is 0 Å². The second-order valence-electron chi connectivity index (χ2n) is 2.63. The Bertz CT molecular complexity index is 57.8. The van der Waals surface area contributed by atoms with Gasteiger partial charge in [0.15, 0.2) is 0 Å². The molecule has 0 spiro atoms. The molecule has 2 N–H and O–H groups in total. The molecule has 0 aromatic carbocycles. The first-order valence-electron chi connectivity index (χ1n) is 4.27. The molecule has 0 aliphatic heterocycles. The van der Waals surface area contributed by atoms with Crippen LogP contribution in [0.1, 0.15) is 26.7 Å². The van der Waals surface area contributed by atoms with Gasteiger partial charge in [-0.2, -0.15) is 0 Å². The van der Waals surface area contributed by atoms with Crippen molar-refractivity contribution in [2.24, 2.45) is 5.73 Å². The monoisotopic (exact) mass is 216 g/mol. The summed E-state index contributed by atoms with van der Waals surface area (Å²) in [6.07, 6.45) is 2.47. The van der Waals surface area contributed by atoms with Crippen molar-refractivity contribution >= 4 is 24.8 Å². The van der Waals surface area contributed by atoms with E-state index >= 15 is 0 Å². The SMILES string of the molecule is CCCN(CCC)CCN.Cl.Cl. The van der Waals surface area contributed by atoms with E-state index in [4.69, 9.17) is 5.73 Å². The predicted octanol–water partition coefficient (Wildman–Crippen LogP) is 1.91.